The van der Waals surface area contributed by atoms with Crippen molar-refractivity contribution in [1.82, 2.24) is 4.31 Å². The third kappa shape index (κ3) is 4.04. The van der Waals surface area contributed by atoms with Gasteiger partial charge < -0.3 is 5.73 Å². The van der Waals surface area contributed by atoms with Gasteiger partial charge in [-0.1, -0.05) is 37.3 Å². The third-order valence-electron chi connectivity index (χ3n) is 2.55. The molecule has 0 atom stereocenters. The van der Waals surface area contributed by atoms with Crippen molar-refractivity contribution in [1.29, 1.82) is 0 Å². The van der Waals surface area contributed by atoms with Crippen molar-refractivity contribution in [3.63, 3.8) is 0 Å². The van der Waals surface area contributed by atoms with Crippen LogP contribution in [-0.4, -0.2) is 30.5 Å². The predicted octanol–water partition coefficient (Wildman–Crippen LogP) is 1.49. The predicted molar refractivity (Wildman–Crippen MR) is 77.9 cm³/mol. The van der Waals surface area contributed by atoms with E-state index in [-0.39, 0.29) is 5.75 Å². The highest BCUT2D eigenvalue weighted by Crippen LogP contribution is 2.11. The van der Waals surface area contributed by atoms with Gasteiger partial charge in [0.1, 0.15) is 4.99 Å². The van der Waals surface area contributed by atoms with Gasteiger partial charge in [-0.25, -0.2) is 12.7 Å². The first kappa shape index (κ1) is 15.1. The van der Waals surface area contributed by atoms with E-state index in [2.05, 4.69) is 0 Å². The quantitative estimate of drug-likeness (QED) is 0.805. The van der Waals surface area contributed by atoms with Crippen LogP contribution in [0.3, 0.4) is 0 Å². The molecule has 4 nitrogen and oxygen atoms in total. The van der Waals surface area contributed by atoms with E-state index in [4.69, 9.17) is 18.0 Å². The van der Waals surface area contributed by atoms with Gasteiger partial charge in [0.25, 0.3) is 0 Å². The Labute approximate surface area is 114 Å². The van der Waals surface area contributed by atoms with Gasteiger partial charge in [-0.05, 0) is 18.1 Å². The van der Waals surface area contributed by atoms with Gasteiger partial charge in [0.05, 0.1) is 5.75 Å². The summed E-state index contributed by atoms with van der Waals surface area (Å²) in [6, 6.07) is 7.32. The molecule has 18 heavy (non-hydrogen) atoms. The maximum Gasteiger partial charge on any atom is 0.214 e. The van der Waals surface area contributed by atoms with Crippen LogP contribution >= 0.6 is 12.2 Å². The number of hydrogen-bond donors (Lipinski definition) is 1. The van der Waals surface area contributed by atoms with Crippen molar-refractivity contribution in [3.05, 3.63) is 35.4 Å². The van der Waals surface area contributed by atoms with E-state index in [1.165, 1.54) is 4.31 Å². The van der Waals surface area contributed by atoms with Gasteiger partial charge in [-0.2, -0.15) is 0 Å². The number of benzene rings is 1. The first-order chi connectivity index (χ1) is 8.36. The number of sulfonamides is 1. The molecule has 0 bridgehead atoms. The molecule has 100 valence electrons. The zero-order valence-corrected chi connectivity index (χ0v) is 12.2. The Kier molecular flexibility index (Phi) is 5.25. The second-order valence-corrected chi connectivity index (χ2v) is 6.77. The molecule has 0 unspecified atom stereocenters. The molecule has 2 N–H and O–H groups in total. The largest absolute Gasteiger partial charge is 0.389 e. The molecule has 1 aromatic rings. The van der Waals surface area contributed by atoms with Gasteiger partial charge >= 0.3 is 0 Å². The Hall–Kier alpha value is -0.980. The number of nitrogens with zero attached hydrogens (tertiary/aromatic N) is 1. The highest BCUT2D eigenvalue weighted by molar-refractivity contribution is 7.89. The first-order valence-electron chi connectivity index (χ1n) is 5.69. The number of thiocarbonyl (C=S) groups is 1. The molecule has 1 aromatic carbocycles. The summed E-state index contributed by atoms with van der Waals surface area (Å²) in [6.45, 7) is 2.18. The van der Waals surface area contributed by atoms with E-state index >= 15 is 0 Å². The number of rotatable bonds is 6. The summed E-state index contributed by atoms with van der Waals surface area (Å²) in [5, 5.41) is 0. The summed E-state index contributed by atoms with van der Waals surface area (Å²) < 4.78 is 25.0. The molecule has 0 amide bonds. The maximum atomic E-state index is 11.8. The van der Waals surface area contributed by atoms with E-state index in [0.29, 0.717) is 18.0 Å². The van der Waals surface area contributed by atoms with E-state index in [1.807, 2.05) is 31.2 Å². The smallest absolute Gasteiger partial charge is 0.214 e. The molecule has 0 fully saturated rings. The fourth-order valence-electron chi connectivity index (χ4n) is 1.59. The second kappa shape index (κ2) is 6.26. The van der Waals surface area contributed by atoms with Crippen molar-refractivity contribution in [2.24, 2.45) is 5.73 Å². The fourth-order valence-corrected chi connectivity index (χ4v) is 2.89. The summed E-state index contributed by atoms with van der Waals surface area (Å²) in [4.78, 5) is 0.316. The Morgan fingerprint density at radius 3 is 2.67 bits per heavy atom. The van der Waals surface area contributed by atoms with Crippen molar-refractivity contribution in [2.45, 2.75) is 19.9 Å². The van der Waals surface area contributed by atoms with Crippen LogP contribution in [0.4, 0.5) is 0 Å². The number of hydrogen-bond acceptors (Lipinski definition) is 3. The molecule has 6 heteroatoms. The molecular formula is C12H18N2O2S2. The van der Waals surface area contributed by atoms with Gasteiger partial charge in [-0.15, -0.1) is 0 Å². The highest BCUT2D eigenvalue weighted by atomic mass is 32.2. The molecular weight excluding hydrogens is 268 g/mol. The maximum absolute atomic E-state index is 11.8. The van der Waals surface area contributed by atoms with E-state index in [0.717, 1.165) is 11.1 Å². The van der Waals surface area contributed by atoms with Gasteiger partial charge in [-0.3, -0.25) is 0 Å². The zero-order chi connectivity index (χ0) is 13.8. The molecule has 0 radical (unpaired) electrons. The van der Waals surface area contributed by atoms with Crippen LogP contribution in [0.1, 0.15) is 24.5 Å². The molecule has 0 saturated heterocycles. The number of nitrogens with two attached hydrogens (primary N) is 1. The van der Waals surface area contributed by atoms with Crippen molar-refractivity contribution in [2.75, 3.05) is 12.8 Å². The SMILES string of the molecule is CCCS(=O)(=O)N(C)Cc1cccc(C(N)=S)c1. The van der Waals surface area contributed by atoms with Crippen molar-refractivity contribution >= 4 is 27.2 Å². The molecule has 0 aliphatic heterocycles. The molecule has 0 spiro atoms. The third-order valence-corrected chi connectivity index (χ3v) is 4.79. The van der Waals surface area contributed by atoms with Crippen LogP contribution in [0.5, 0.6) is 0 Å². The topological polar surface area (TPSA) is 63.4 Å². The van der Waals surface area contributed by atoms with Crippen LogP contribution in [0.15, 0.2) is 24.3 Å². The average molecular weight is 286 g/mol. The normalized spacial score (nSPS) is 11.7. The lowest BCUT2D eigenvalue weighted by atomic mass is 10.1. The fraction of sp³-hybridized carbons (Fsp3) is 0.417. The van der Waals surface area contributed by atoms with E-state index < -0.39 is 10.0 Å². The Bertz CT molecular complexity index is 527. The van der Waals surface area contributed by atoms with Crippen molar-refractivity contribution < 1.29 is 8.42 Å². The zero-order valence-electron chi connectivity index (χ0n) is 10.6. The molecule has 0 saturated carbocycles. The summed E-state index contributed by atoms with van der Waals surface area (Å²) in [7, 11) is -1.59. The van der Waals surface area contributed by atoms with Crippen LogP contribution in [0, 0.1) is 0 Å². The van der Waals surface area contributed by atoms with Gasteiger partial charge in [0.15, 0.2) is 0 Å². The average Bonchev–Trinajstić information content (AvgIpc) is 2.29. The molecule has 0 heterocycles. The molecule has 0 aliphatic carbocycles. The Balaban J connectivity index is 2.85. The minimum absolute atomic E-state index is 0.165. The minimum Gasteiger partial charge on any atom is -0.389 e. The van der Waals surface area contributed by atoms with Crippen molar-refractivity contribution in [3.8, 4) is 0 Å². The van der Waals surface area contributed by atoms with E-state index in [1.54, 1.807) is 7.05 Å². The summed E-state index contributed by atoms with van der Waals surface area (Å²) in [5.41, 5.74) is 7.18. The van der Waals surface area contributed by atoms with Crippen LogP contribution < -0.4 is 5.73 Å². The summed E-state index contributed by atoms with van der Waals surface area (Å²) in [5.74, 6) is 0.165. The standard InChI is InChI=1S/C12H18N2O2S2/c1-3-7-18(15,16)14(2)9-10-5-4-6-11(8-10)12(13)17/h4-6,8H,3,7,9H2,1-2H3,(H2,13,17). The lowest BCUT2D eigenvalue weighted by molar-refractivity contribution is 0.466. The van der Waals surface area contributed by atoms with Crippen LogP contribution in [0.25, 0.3) is 0 Å². The monoisotopic (exact) mass is 286 g/mol. The second-order valence-electron chi connectivity index (χ2n) is 4.14. The molecule has 0 aromatic heterocycles. The Morgan fingerprint density at radius 1 is 1.44 bits per heavy atom. The lowest BCUT2D eigenvalue weighted by Gasteiger charge is -2.17. The minimum atomic E-state index is -3.17. The van der Waals surface area contributed by atoms with Gasteiger partial charge in [0.2, 0.25) is 10.0 Å². The van der Waals surface area contributed by atoms with Crippen LogP contribution in [-0.2, 0) is 16.6 Å². The van der Waals surface area contributed by atoms with Gasteiger partial charge in [0, 0.05) is 19.2 Å². The van der Waals surface area contributed by atoms with Crippen LogP contribution in [0.2, 0.25) is 0 Å². The Morgan fingerprint density at radius 2 is 2.11 bits per heavy atom. The highest BCUT2D eigenvalue weighted by Gasteiger charge is 2.16. The lowest BCUT2D eigenvalue weighted by Crippen LogP contribution is -2.28. The molecule has 1 rings (SSSR count). The first-order valence-corrected chi connectivity index (χ1v) is 7.71. The van der Waals surface area contributed by atoms with E-state index in [9.17, 15) is 8.42 Å². The summed E-state index contributed by atoms with van der Waals surface area (Å²) >= 11 is 4.90. The summed E-state index contributed by atoms with van der Waals surface area (Å²) in [6.07, 6.45) is 0.611. The molecule has 0 aliphatic rings.